The minimum Gasteiger partial charge on any atom is -0.322 e. The molecule has 3 aromatic heterocycles. The second-order valence-corrected chi connectivity index (χ2v) is 6.48. The van der Waals surface area contributed by atoms with Crippen molar-refractivity contribution in [2.75, 3.05) is 5.32 Å². The Labute approximate surface area is 147 Å². The topological polar surface area (TPSA) is 75.6 Å². The Morgan fingerprint density at radius 2 is 2.16 bits per heavy atom. The van der Waals surface area contributed by atoms with E-state index < -0.39 is 0 Å². The highest BCUT2D eigenvalue weighted by molar-refractivity contribution is 7.10. The fourth-order valence-electron chi connectivity index (χ4n) is 2.50. The molecular weight excluding hydrogens is 334 g/mol. The van der Waals surface area contributed by atoms with E-state index in [1.165, 1.54) is 6.08 Å². The number of benzene rings is 1. The normalized spacial score (nSPS) is 11.4. The number of aryl methyl sites for hydroxylation is 1. The van der Waals surface area contributed by atoms with Crippen LogP contribution in [0.15, 0.2) is 53.9 Å². The molecule has 0 fully saturated rings. The van der Waals surface area contributed by atoms with Crippen LogP contribution in [0.1, 0.15) is 10.6 Å². The van der Waals surface area contributed by atoms with Gasteiger partial charge in [0.2, 0.25) is 11.9 Å². The number of thiophene rings is 1. The molecule has 0 radical (unpaired) electrons. The monoisotopic (exact) mass is 349 g/mol. The van der Waals surface area contributed by atoms with Crippen molar-refractivity contribution in [2.24, 2.45) is 0 Å². The van der Waals surface area contributed by atoms with Gasteiger partial charge in [-0.3, -0.25) is 4.79 Å². The van der Waals surface area contributed by atoms with Crippen LogP contribution in [0, 0.1) is 6.92 Å². The fourth-order valence-corrected chi connectivity index (χ4v) is 3.12. The quantitative estimate of drug-likeness (QED) is 0.551. The van der Waals surface area contributed by atoms with Crippen LogP contribution in [-0.4, -0.2) is 25.7 Å². The summed E-state index contributed by atoms with van der Waals surface area (Å²) in [5.74, 6) is 0.912. The first kappa shape index (κ1) is 15.3. The summed E-state index contributed by atoms with van der Waals surface area (Å²) >= 11 is 1.58. The van der Waals surface area contributed by atoms with Crippen molar-refractivity contribution >= 4 is 40.2 Å². The third kappa shape index (κ3) is 3.22. The number of para-hydroxylation sites is 2. The first-order valence-corrected chi connectivity index (χ1v) is 8.61. The zero-order valence-electron chi connectivity index (χ0n) is 13.4. The number of fused-ring (bicyclic) bond motifs is 1. The Balaban J connectivity index is 1.61. The number of aromatic amines is 1. The van der Waals surface area contributed by atoms with Gasteiger partial charge >= 0.3 is 0 Å². The van der Waals surface area contributed by atoms with Gasteiger partial charge in [-0.05, 0) is 36.6 Å². The van der Waals surface area contributed by atoms with Crippen molar-refractivity contribution in [1.82, 2.24) is 19.7 Å². The smallest absolute Gasteiger partial charge is 0.249 e. The van der Waals surface area contributed by atoms with Gasteiger partial charge in [-0.1, -0.05) is 18.2 Å². The minimum absolute atomic E-state index is 0.217. The molecule has 0 unspecified atom stereocenters. The maximum absolute atomic E-state index is 12.2. The second kappa shape index (κ2) is 6.37. The van der Waals surface area contributed by atoms with Crippen LogP contribution < -0.4 is 5.32 Å². The molecule has 0 aliphatic carbocycles. The molecule has 7 heteroatoms. The fraction of sp³-hybridized carbons (Fsp3) is 0.0556. The van der Waals surface area contributed by atoms with Gasteiger partial charge < -0.3 is 10.3 Å². The van der Waals surface area contributed by atoms with E-state index in [4.69, 9.17) is 0 Å². The van der Waals surface area contributed by atoms with E-state index in [2.05, 4.69) is 20.4 Å². The Morgan fingerprint density at radius 3 is 2.96 bits per heavy atom. The lowest BCUT2D eigenvalue weighted by Crippen LogP contribution is -2.12. The zero-order valence-corrected chi connectivity index (χ0v) is 14.2. The second-order valence-electron chi connectivity index (χ2n) is 5.50. The average molecular weight is 349 g/mol. The SMILES string of the molecule is Cc1cc(NC(=O)C=Cc2cccs2)n(-c2nc3ccccc3[nH]2)n1. The number of carbonyl (C=O) groups excluding carboxylic acids is 1. The van der Waals surface area contributed by atoms with Crippen LogP contribution in [0.5, 0.6) is 0 Å². The molecule has 25 heavy (non-hydrogen) atoms. The van der Waals surface area contributed by atoms with Crippen LogP contribution in [0.2, 0.25) is 0 Å². The number of hydrogen-bond acceptors (Lipinski definition) is 4. The minimum atomic E-state index is -0.217. The van der Waals surface area contributed by atoms with E-state index in [9.17, 15) is 4.79 Å². The third-order valence-electron chi connectivity index (χ3n) is 3.60. The lowest BCUT2D eigenvalue weighted by Gasteiger charge is -2.04. The van der Waals surface area contributed by atoms with Gasteiger partial charge in [-0.15, -0.1) is 11.3 Å². The molecule has 0 aliphatic rings. The molecular formula is C18H15N5OS. The number of hydrogen-bond donors (Lipinski definition) is 2. The highest BCUT2D eigenvalue weighted by Gasteiger charge is 2.13. The van der Waals surface area contributed by atoms with E-state index in [0.29, 0.717) is 11.8 Å². The van der Waals surface area contributed by atoms with Gasteiger partial charge in [0.05, 0.1) is 16.7 Å². The predicted molar refractivity (Wildman–Crippen MR) is 99.9 cm³/mol. The number of H-pyrrole nitrogens is 1. The lowest BCUT2D eigenvalue weighted by atomic mass is 10.3. The molecule has 3 heterocycles. The Morgan fingerprint density at radius 1 is 1.28 bits per heavy atom. The van der Waals surface area contributed by atoms with E-state index in [1.807, 2.05) is 54.8 Å². The maximum atomic E-state index is 12.2. The molecule has 1 aromatic carbocycles. The number of carbonyl (C=O) groups is 1. The van der Waals surface area contributed by atoms with Crippen molar-refractivity contribution in [3.8, 4) is 5.95 Å². The van der Waals surface area contributed by atoms with Crippen molar-refractivity contribution in [1.29, 1.82) is 0 Å². The van der Waals surface area contributed by atoms with Crippen molar-refractivity contribution in [2.45, 2.75) is 6.92 Å². The molecule has 2 N–H and O–H groups in total. The molecule has 0 spiro atoms. The van der Waals surface area contributed by atoms with E-state index in [1.54, 1.807) is 22.1 Å². The van der Waals surface area contributed by atoms with Crippen LogP contribution in [0.25, 0.3) is 23.1 Å². The summed E-state index contributed by atoms with van der Waals surface area (Å²) in [7, 11) is 0. The summed E-state index contributed by atoms with van der Waals surface area (Å²) in [6.45, 7) is 1.87. The summed E-state index contributed by atoms with van der Waals surface area (Å²) in [6.07, 6.45) is 3.30. The maximum Gasteiger partial charge on any atom is 0.249 e. The third-order valence-corrected chi connectivity index (χ3v) is 4.44. The van der Waals surface area contributed by atoms with Gasteiger partial charge in [0.25, 0.3) is 0 Å². The summed E-state index contributed by atoms with van der Waals surface area (Å²) in [6, 6.07) is 13.5. The molecule has 4 aromatic rings. The lowest BCUT2D eigenvalue weighted by molar-refractivity contribution is -0.111. The van der Waals surface area contributed by atoms with Crippen molar-refractivity contribution < 1.29 is 4.79 Å². The first-order valence-electron chi connectivity index (χ1n) is 7.73. The van der Waals surface area contributed by atoms with E-state index in [-0.39, 0.29) is 5.91 Å². The van der Waals surface area contributed by atoms with Crippen LogP contribution in [0.4, 0.5) is 5.82 Å². The van der Waals surface area contributed by atoms with Crippen LogP contribution >= 0.6 is 11.3 Å². The number of nitrogens with one attached hydrogen (secondary N) is 2. The van der Waals surface area contributed by atoms with Gasteiger partial charge in [0.1, 0.15) is 5.82 Å². The van der Waals surface area contributed by atoms with Crippen LogP contribution in [-0.2, 0) is 4.79 Å². The van der Waals surface area contributed by atoms with Gasteiger partial charge in [-0.2, -0.15) is 9.78 Å². The zero-order chi connectivity index (χ0) is 17.2. The number of rotatable bonds is 4. The molecule has 1 amide bonds. The largest absolute Gasteiger partial charge is 0.322 e. The van der Waals surface area contributed by atoms with E-state index in [0.717, 1.165) is 21.6 Å². The number of aromatic nitrogens is 4. The number of amides is 1. The van der Waals surface area contributed by atoms with Crippen molar-refractivity contribution in [3.63, 3.8) is 0 Å². The Bertz CT molecular complexity index is 1030. The van der Waals surface area contributed by atoms with Gasteiger partial charge in [-0.25, -0.2) is 4.98 Å². The first-order chi connectivity index (χ1) is 12.2. The van der Waals surface area contributed by atoms with Crippen LogP contribution in [0.3, 0.4) is 0 Å². The molecule has 0 saturated heterocycles. The number of anilines is 1. The molecule has 6 nitrogen and oxygen atoms in total. The summed E-state index contributed by atoms with van der Waals surface area (Å²) in [5, 5.41) is 9.25. The average Bonchev–Trinajstić information content (AvgIpc) is 3.32. The Hall–Kier alpha value is -3.19. The molecule has 124 valence electrons. The number of nitrogens with zero attached hydrogens (tertiary/aromatic N) is 3. The van der Waals surface area contributed by atoms with Gasteiger partial charge in [0.15, 0.2) is 0 Å². The standard InChI is InChI=1S/C18H15N5OS/c1-12-11-16(21-17(24)9-8-13-5-4-10-25-13)23(22-12)18-19-14-6-2-3-7-15(14)20-18/h2-11H,1H3,(H,19,20)(H,21,24). The molecule has 0 aliphatic heterocycles. The van der Waals surface area contributed by atoms with E-state index >= 15 is 0 Å². The van der Waals surface area contributed by atoms with Crippen molar-refractivity contribution in [3.05, 3.63) is 64.5 Å². The van der Waals surface area contributed by atoms with Gasteiger partial charge in [0, 0.05) is 17.0 Å². The molecule has 0 bridgehead atoms. The highest BCUT2D eigenvalue weighted by Crippen LogP contribution is 2.18. The Kier molecular flexibility index (Phi) is 3.91. The molecule has 0 atom stereocenters. The molecule has 4 rings (SSSR count). The summed E-state index contributed by atoms with van der Waals surface area (Å²) < 4.78 is 1.60. The summed E-state index contributed by atoms with van der Waals surface area (Å²) in [5.41, 5.74) is 2.55. The predicted octanol–water partition coefficient (Wildman–Crippen LogP) is 3.77. The summed E-state index contributed by atoms with van der Waals surface area (Å²) in [4.78, 5) is 21.0. The highest BCUT2D eigenvalue weighted by atomic mass is 32.1. The molecule has 0 saturated carbocycles. The number of imidazole rings is 1.